The molecule has 0 amide bonds. The fourth-order valence-corrected chi connectivity index (χ4v) is 4.54. The van der Waals surface area contributed by atoms with E-state index >= 15 is 0 Å². The molecule has 1 saturated heterocycles. The summed E-state index contributed by atoms with van der Waals surface area (Å²) in [5.74, 6) is -0.898. The molecule has 1 aromatic carbocycles. The lowest BCUT2D eigenvalue weighted by Gasteiger charge is -2.33. The number of benzene rings is 1. The van der Waals surface area contributed by atoms with Crippen LogP contribution in [0.15, 0.2) is 40.5 Å². The number of aromatic nitrogens is 2. The summed E-state index contributed by atoms with van der Waals surface area (Å²) in [5, 5.41) is 2.42. The molecule has 0 aliphatic carbocycles. The minimum atomic E-state index is -4.18. The molecule has 3 aromatic rings. The van der Waals surface area contributed by atoms with E-state index in [-0.39, 0.29) is 25.1 Å². The van der Waals surface area contributed by atoms with E-state index in [1.54, 1.807) is 4.90 Å². The van der Waals surface area contributed by atoms with Gasteiger partial charge in [0.2, 0.25) is 0 Å². The molecule has 1 aliphatic heterocycles. The number of rotatable bonds is 3. The van der Waals surface area contributed by atoms with Crippen molar-refractivity contribution in [1.82, 2.24) is 14.9 Å². The summed E-state index contributed by atoms with van der Waals surface area (Å²) >= 11 is 1.37. The lowest BCUT2D eigenvalue weighted by Crippen LogP contribution is -2.41. The SMILES string of the molecule is O=c1[nH]c(CN2CCCC(C(F)(F)F)C2)nc2scc(-c3ccccc3)c12. The molecule has 3 heterocycles. The van der Waals surface area contributed by atoms with Crippen LogP contribution in [0, 0.1) is 5.92 Å². The van der Waals surface area contributed by atoms with Crippen molar-refractivity contribution in [3.8, 4) is 11.1 Å². The monoisotopic (exact) mass is 393 g/mol. The quantitative estimate of drug-likeness (QED) is 0.716. The molecule has 8 heteroatoms. The molecule has 0 bridgehead atoms. The van der Waals surface area contributed by atoms with Gasteiger partial charge in [-0.2, -0.15) is 13.2 Å². The van der Waals surface area contributed by atoms with Gasteiger partial charge in [0.05, 0.1) is 17.8 Å². The maximum absolute atomic E-state index is 13.0. The summed E-state index contributed by atoms with van der Waals surface area (Å²) in [7, 11) is 0. The molecule has 1 unspecified atom stereocenters. The number of alkyl halides is 3. The van der Waals surface area contributed by atoms with Crippen LogP contribution >= 0.6 is 11.3 Å². The Morgan fingerprint density at radius 2 is 2.04 bits per heavy atom. The maximum atomic E-state index is 13.0. The van der Waals surface area contributed by atoms with Gasteiger partial charge in [-0.15, -0.1) is 11.3 Å². The molecule has 0 saturated carbocycles. The van der Waals surface area contributed by atoms with Gasteiger partial charge in [-0.1, -0.05) is 30.3 Å². The first-order valence-corrected chi connectivity index (χ1v) is 9.64. The molecule has 2 aromatic heterocycles. The predicted octanol–water partition coefficient (Wildman–Crippen LogP) is 4.43. The first kappa shape index (κ1) is 18.2. The summed E-state index contributed by atoms with van der Waals surface area (Å²) in [6.07, 6.45) is -3.52. The van der Waals surface area contributed by atoms with Crippen molar-refractivity contribution < 1.29 is 13.2 Å². The molecular weight excluding hydrogens is 375 g/mol. The molecule has 1 fully saturated rings. The average molecular weight is 393 g/mol. The molecule has 0 spiro atoms. The van der Waals surface area contributed by atoms with E-state index in [0.717, 1.165) is 11.1 Å². The molecule has 1 atom stereocenters. The number of nitrogens with zero attached hydrogens (tertiary/aromatic N) is 2. The van der Waals surface area contributed by atoms with E-state index in [0.29, 0.717) is 29.0 Å². The lowest BCUT2D eigenvalue weighted by atomic mass is 9.97. The number of H-pyrrole nitrogens is 1. The van der Waals surface area contributed by atoms with Gasteiger partial charge in [0.1, 0.15) is 10.7 Å². The highest BCUT2D eigenvalue weighted by molar-refractivity contribution is 7.17. The highest BCUT2D eigenvalue weighted by atomic mass is 32.1. The molecule has 0 radical (unpaired) electrons. The van der Waals surface area contributed by atoms with Crippen LogP contribution in [0.2, 0.25) is 0 Å². The first-order chi connectivity index (χ1) is 12.9. The van der Waals surface area contributed by atoms with E-state index < -0.39 is 12.1 Å². The highest BCUT2D eigenvalue weighted by Crippen LogP contribution is 2.34. The largest absolute Gasteiger partial charge is 0.393 e. The summed E-state index contributed by atoms with van der Waals surface area (Å²) in [6.45, 7) is 0.745. The van der Waals surface area contributed by atoms with Gasteiger partial charge in [-0.05, 0) is 24.9 Å². The zero-order valence-electron chi connectivity index (χ0n) is 14.4. The van der Waals surface area contributed by atoms with Crippen molar-refractivity contribution in [2.24, 2.45) is 5.92 Å². The predicted molar refractivity (Wildman–Crippen MR) is 99.7 cm³/mol. The van der Waals surface area contributed by atoms with Gasteiger partial charge in [0.25, 0.3) is 5.56 Å². The van der Waals surface area contributed by atoms with Crippen LogP contribution < -0.4 is 5.56 Å². The molecule has 1 aliphatic rings. The molecule has 4 rings (SSSR count). The van der Waals surface area contributed by atoms with Gasteiger partial charge >= 0.3 is 6.18 Å². The lowest BCUT2D eigenvalue weighted by molar-refractivity contribution is -0.187. The van der Waals surface area contributed by atoms with Crippen molar-refractivity contribution in [3.05, 3.63) is 51.9 Å². The summed E-state index contributed by atoms with van der Waals surface area (Å²) in [4.78, 5) is 22.2. The van der Waals surface area contributed by atoms with Crippen LogP contribution in [0.4, 0.5) is 13.2 Å². The number of hydrogen-bond donors (Lipinski definition) is 1. The minimum Gasteiger partial charge on any atom is -0.309 e. The number of aromatic amines is 1. The van der Waals surface area contributed by atoms with Crippen molar-refractivity contribution in [2.75, 3.05) is 13.1 Å². The fraction of sp³-hybridized carbons (Fsp3) is 0.368. The number of halogens is 3. The smallest absolute Gasteiger partial charge is 0.309 e. The van der Waals surface area contributed by atoms with Crippen LogP contribution in [0.3, 0.4) is 0 Å². The Kier molecular flexibility index (Phi) is 4.77. The number of nitrogens with one attached hydrogen (secondary N) is 1. The van der Waals surface area contributed by atoms with E-state index in [9.17, 15) is 18.0 Å². The van der Waals surface area contributed by atoms with Gasteiger partial charge < -0.3 is 4.98 Å². The Balaban J connectivity index is 1.60. The summed E-state index contributed by atoms with van der Waals surface area (Å²) in [6, 6.07) is 9.58. The zero-order chi connectivity index (χ0) is 19.0. The third-order valence-electron chi connectivity index (χ3n) is 4.92. The third-order valence-corrected chi connectivity index (χ3v) is 5.79. The minimum absolute atomic E-state index is 0.0506. The average Bonchev–Trinajstić information content (AvgIpc) is 3.06. The molecule has 4 nitrogen and oxygen atoms in total. The van der Waals surface area contributed by atoms with Crippen molar-refractivity contribution in [1.29, 1.82) is 0 Å². The van der Waals surface area contributed by atoms with Gasteiger partial charge in [0.15, 0.2) is 0 Å². The Bertz CT molecular complexity index is 997. The van der Waals surface area contributed by atoms with Crippen molar-refractivity contribution >= 4 is 21.6 Å². The van der Waals surface area contributed by atoms with Crippen molar-refractivity contribution in [2.45, 2.75) is 25.6 Å². The second kappa shape index (κ2) is 7.09. The normalized spacial score (nSPS) is 18.9. The maximum Gasteiger partial charge on any atom is 0.393 e. The number of piperidine rings is 1. The second-order valence-corrected chi connectivity index (χ2v) is 7.68. The summed E-state index contributed by atoms with van der Waals surface area (Å²) in [5.41, 5.74) is 1.51. The summed E-state index contributed by atoms with van der Waals surface area (Å²) < 4.78 is 39.0. The van der Waals surface area contributed by atoms with E-state index in [1.807, 2.05) is 35.7 Å². The van der Waals surface area contributed by atoms with Crippen LogP contribution in [-0.4, -0.2) is 34.1 Å². The number of fused-ring (bicyclic) bond motifs is 1. The van der Waals surface area contributed by atoms with Gasteiger partial charge in [0, 0.05) is 17.5 Å². The number of hydrogen-bond acceptors (Lipinski definition) is 4. The van der Waals surface area contributed by atoms with Gasteiger partial charge in [-0.3, -0.25) is 9.69 Å². The molecule has 1 N–H and O–H groups in total. The Morgan fingerprint density at radius 1 is 1.26 bits per heavy atom. The fourth-order valence-electron chi connectivity index (χ4n) is 3.58. The zero-order valence-corrected chi connectivity index (χ0v) is 15.2. The van der Waals surface area contributed by atoms with Crippen LogP contribution in [0.5, 0.6) is 0 Å². The van der Waals surface area contributed by atoms with Crippen molar-refractivity contribution in [3.63, 3.8) is 0 Å². The Morgan fingerprint density at radius 3 is 2.78 bits per heavy atom. The number of thiophene rings is 1. The third kappa shape index (κ3) is 3.77. The Hall–Kier alpha value is -2.19. The van der Waals surface area contributed by atoms with E-state index in [4.69, 9.17) is 0 Å². The number of likely N-dealkylation sites (tertiary alicyclic amines) is 1. The van der Waals surface area contributed by atoms with Crippen LogP contribution in [-0.2, 0) is 6.54 Å². The topological polar surface area (TPSA) is 49.0 Å². The highest BCUT2D eigenvalue weighted by Gasteiger charge is 2.41. The van der Waals surface area contributed by atoms with Crippen LogP contribution in [0.25, 0.3) is 21.3 Å². The first-order valence-electron chi connectivity index (χ1n) is 8.76. The molecular formula is C19H18F3N3OS. The van der Waals surface area contributed by atoms with E-state index in [1.165, 1.54) is 11.3 Å². The standard InChI is InChI=1S/C19H18F3N3OS/c20-19(21,22)13-7-4-8-25(9-13)10-15-23-17(26)16-14(11-27-18(16)24-15)12-5-2-1-3-6-12/h1-3,5-6,11,13H,4,7-10H2,(H,23,24,26). The van der Waals surface area contributed by atoms with E-state index in [2.05, 4.69) is 9.97 Å². The van der Waals surface area contributed by atoms with Gasteiger partial charge in [-0.25, -0.2) is 4.98 Å². The van der Waals surface area contributed by atoms with Crippen LogP contribution in [0.1, 0.15) is 18.7 Å². The Labute approximate surface area is 157 Å². The molecule has 27 heavy (non-hydrogen) atoms. The molecule has 142 valence electrons. The second-order valence-electron chi connectivity index (χ2n) is 6.82.